The Morgan fingerprint density at radius 1 is 1.28 bits per heavy atom. The van der Waals surface area contributed by atoms with Gasteiger partial charge in [-0.2, -0.15) is 0 Å². The van der Waals surface area contributed by atoms with E-state index in [0.29, 0.717) is 24.9 Å². The summed E-state index contributed by atoms with van der Waals surface area (Å²) in [4.78, 5) is 14.7. The van der Waals surface area contributed by atoms with Crippen LogP contribution in [0.3, 0.4) is 0 Å². The van der Waals surface area contributed by atoms with Crippen molar-refractivity contribution in [3.8, 4) is 0 Å². The van der Waals surface area contributed by atoms with Crippen LogP contribution in [0.1, 0.15) is 62.9 Å². The summed E-state index contributed by atoms with van der Waals surface area (Å²) < 4.78 is 5.32. The van der Waals surface area contributed by atoms with Crippen molar-refractivity contribution >= 4 is 11.7 Å². The second-order valence-corrected chi connectivity index (χ2v) is 7.60. The zero-order valence-corrected chi connectivity index (χ0v) is 15.4. The molecular weight excluding hydrogens is 316 g/mol. The van der Waals surface area contributed by atoms with Crippen molar-refractivity contribution in [2.75, 3.05) is 24.7 Å². The van der Waals surface area contributed by atoms with Crippen molar-refractivity contribution in [2.45, 2.75) is 64.5 Å². The van der Waals surface area contributed by atoms with E-state index in [2.05, 4.69) is 34.3 Å². The number of hydrogen-bond donors (Lipinski definition) is 1. The highest BCUT2D eigenvalue weighted by Crippen LogP contribution is 2.27. The number of aromatic nitrogens is 2. The molecule has 1 unspecified atom stereocenters. The molecule has 1 N–H and O–H groups in total. The zero-order valence-electron chi connectivity index (χ0n) is 15.4. The predicted molar refractivity (Wildman–Crippen MR) is 97.8 cm³/mol. The van der Waals surface area contributed by atoms with Gasteiger partial charge < -0.3 is 15.0 Å². The Hall–Kier alpha value is -1.69. The van der Waals surface area contributed by atoms with Crippen molar-refractivity contribution in [1.82, 2.24) is 15.5 Å². The third-order valence-electron chi connectivity index (χ3n) is 5.19. The third kappa shape index (κ3) is 4.91. The Balaban J connectivity index is 1.58. The number of carbonyl (C=O) groups excluding carboxylic acids is 1. The van der Waals surface area contributed by atoms with E-state index in [1.165, 1.54) is 25.7 Å². The highest BCUT2D eigenvalue weighted by atomic mass is 16.5. The SMILES string of the molecule is CC(C)CCC1CCCN1c1ccc(C(=O)NC2CCOCC2)nn1. The molecule has 1 aromatic heterocycles. The second kappa shape index (κ2) is 8.61. The Morgan fingerprint density at radius 2 is 2.08 bits per heavy atom. The number of carbonyl (C=O) groups is 1. The molecule has 0 aliphatic carbocycles. The molecule has 0 saturated carbocycles. The lowest BCUT2D eigenvalue weighted by Gasteiger charge is -2.26. The molecule has 6 nitrogen and oxygen atoms in total. The number of nitrogens with zero attached hydrogens (tertiary/aromatic N) is 3. The van der Waals surface area contributed by atoms with Crippen molar-refractivity contribution < 1.29 is 9.53 Å². The summed E-state index contributed by atoms with van der Waals surface area (Å²) in [5, 5.41) is 11.6. The fourth-order valence-electron chi connectivity index (χ4n) is 3.66. The number of amides is 1. The summed E-state index contributed by atoms with van der Waals surface area (Å²) in [5.41, 5.74) is 0.396. The minimum atomic E-state index is -0.135. The molecular formula is C19H30N4O2. The minimum absolute atomic E-state index is 0.135. The summed E-state index contributed by atoms with van der Waals surface area (Å²) in [5.74, 6) is 1.49. The molecule has 0 bridgehead atoms. The average molecular weight is 346 g/mol. The van der Waals surface area contributed by atoms with Crippen molar-refractivity contribution in [3.05, 3.63) is 17.8 Å². The minimum Gasteiger partial charge on any atom is -0.381 e. The van der Waals surface area contributed by atoms with Crippen LogP contribution < -0.4 is 10.2 Å². The highest BCUT2D eigenvalue weighted by Gasteiger charge is 2.26. The molecule has 2 fully saturated rings. The van der Waals surface area contributed by atoms with Crippen LogP contribution in [0.15, 0.2) is 12.1 Å². The van der Waals surface area contributed by atoms with Crippen molar-refractivity contribution in [1.29, 1.82) is 0 Å². The van der Waals surface area contributed by atoms with Crippen LogP contribution in [0.5, 0.6) is 0 Å². The molecule has 1 amide bonds. The molecule has 3 rings (SSSR count). The quantitative estimate of drug-likeness (QED) is 0.858. The van der Waals surface area contributed by atoms with Crippen molar-refractivity contribution in [2.24, 2.45) is 5.92 Å². The molecule has 2 aliphatic heterocycles. The van der Waals surface area contributed by atoms with Gasteiger partial charge in [-0.05, 0) is 56.6 Å². The van der Waals surface area contributed by atoms with Gasteiger partial charge >= 0.3 is 0 Å². The Bertz CT molecular complexity index is 555. The zero-order chi connectivity index (χ0) is 17.6. The third-order valence-corrected chi connectivity index (χ3v) is 5.19. The highest BCUT2D eigenvalue weighted by molar-refractivity contribution is 5.92. The van der Waals surface area contributed by atoms with Crippen LogP contribution in [0, 0.1) is 5.92 Å². The second-order valence-electron chi connectivity index (χ2n) is 7.60. The van der Waals surface area contributed by atoms with Crippen LogP contribution in [0.4, 0.5) is 5.82 Å². The summed E-state index contributed by atoms with van der Waals surface area (Å²) >= 11 is 0. The van der Waals surface area contributed by atoms with E-state index in [1.807, 2.05) is 6.07 Å². The lowest BCUT2D eigenvalue weighted by molar-refractivity contribution is 0.0693. The van der Waals surface area contributed by atoms with Crippen molar-refractivity contribution in [3.63, 3.8) is 0 Å². The summed E-state index contributed by atoms with van der Waals surface area (Å²) in [7, 11) is 0. The van der Waals surface area contributed by atoms with Gasteiger partial charge in [0.15, 0.2) is 11.5 Å². The molecule has 2 aliphatic rings. The van der Waals surface area contributed by atoms with Gasteiger partial charge in [-0.15, -0.1) is 10.2 Å². The van der Waals surface area contributed by atoms with Crippen LogP contribution in [-0.2, 0) is 4.74 Å². The van der Waals surface area contributed by atoms with E-state index < -0.39 is 0 Å². The molecule has 25 heavy (non-hydrogen) atoms. The monoisotopic (exact) mass is 346 g/mol. The van der Waals surface area contributed by atoms with E-state index in [0.717, 1.165) is 31.1 Å². The maximum Gasteiger partial charge on any atom is 0.272 e. The van der Waals surface area contributed by atoms with Crippen LogP contribution in [0.25, 0.3) is 0 Å². The molecule has 0 aromatic carbocycles. The maximum atomic E-state index is 12.3. The van der Waals surface area contributed by atoms with Gasteiger partial charge in [0, 0.05) is 31.8 Å². The standard InChI is InChI=1S/C19H30N4O2/c1-14(2)5-6-16-4-3-11-23(16)18-8-7-17(21-22-18)19(24)20-15-9-12-25-13-10-15/h7-8,14-16H,3-6,9-13H2,1-2H3,(H,20,24). The van der Waals surface area contributed by atoms with Crippen LogP contribution >= 0.6 is 0 Å². The number of hydrogen-bond acceptors (Lipinski definition) is 5. The average Bonchev–Trinajstić information content (AvgIpc) is 3.09. The number of nitrogens with one attached hydrogen (secondary N) is 1. The van der Waals surface area contributed by atoms with E-state index in [1.54, 1.807) is 6.07 Å². The molecule has 3 heterocycles. The normalized spacial score (nSPS) is 21.7. The number of anilines is 1. The lowest BCUT2D eigenvalue weighted by Crippen LogP contribution is -2.39. The smallest absolute Gasteiger partial charge is 0.272 e. The Labute approximate surface area is 150 Å². The molecule has 138 valence electrons. The fourth-order valence-corrected chi connectivity index (χ4v) is 3.66. The predicted octanol–water partition coefficient (Wildman–Crippen LogP) is 2.79. The van der Waals surface area contributed by atoms with Gasteiger partial charge in [0.1, 0.15) is 0 Å². The number of rotatable bonds is 6. The topological polar surface area (TPSA) is 67.4 Å². The Kier molecular flexibility index (Phi) is 6.24. The van der Waals surface area contributed by atoms with E-state index in [9.17, 15) is 4.79 Å². The molecule has 1 aromatic rings. The largest absolute Gasteiger partial charge is 0.381 e. The summed E-state index contributed by atoms with van der Waals surface area (Å²) in [6.45, 7) is 6.99. The molecule has 1 atom stereocenters. The van der Waals surface area contributed by atoms with Gasteiger partial charge in [-0.25, -0.2) is 0 Å². The van der Waals surface area contributed by atoms with Gasteiger partial charge in [-0.1, -0.05) is 13.8 Å². The summed E-state index contributed by atoms with van der Waals surface area (Å²) in [6.07, 6.45) is 6.59. The van der Waals surface area contributed by atoms with E-state index in [4.69, 9.17) is 4.74 Å². The van der Waals surface area contributed by atoms with Gasteiger partial charge in [0.2, 0.25) is 0 Å². The van der Waals surface area contributed by atoms with Gasteiger partial charge in [0.05, 0.1) is 0 Å². The van der Waals surface area contributed by atoms with Gasteiger partial charge in [0.25, 0.3) is 5.91 Å². The van der Waals surface area contributed by atoms with Crippen LogP contribution in [-0.4, -0.2) is 47.9 Å². The van der Waals surface area contributed by atoms with Crippen LogP contribution in [0.2, 0.25) is 0 Å². The molecule has 0 spiro atoms. The van der Waals surface area contributed by atoms with E-state index in [-0.39, 0.29) is 11.9 Å². The fraction of sp³-hybridized carbons (Fsp3) is 0.737. The first-order chi connectivity index (χ1) is 12.1. The molecule has 6 heteroatoms. The Morgan fingerprint density at radius 3 is 2.76 bits per heavy atom. The first kappa shape index (κ1) is 18.1. The lowest BCUT2D eigenvalue weighted by atomic mass is 10.0. The first-order valence-electron chi connectivity index (χ1n) is 9.62. The first-order valence-corrected chi connectivity index (χ1v) is 9.62. The molecule has 2 saturated heterocycles. The number of ether oxygens (including phenoxy) is 1. The van der Waals surface area contributed by atoms with Gasteiger partial charge in [-0.3, -0.25) is 4.79 Å². The van der Waals surface area contributed by atoms with E-state index >= 15 is 0 Å². The summed E-state index contributed by atoms with van der Waals surface area (Å²) in [6, 6.07) is 4.48. The molecule has 0 radical (unpaired) electrons. The maximum absolute atomic E-state index is 12.3.